The van der Waals surface area contributed by atoms with Crippen molar-refractivity contribution in [3.8, 4) is 0 Å². The minimum absolute atomic E-state index is 0.0345. The van der Waals surface area contributed by atoms with E-state index in [0.29, 0.717) is 6.42 Å². The highest BCUT2D eigenvalue weighted by atomic mass is 32.2. The van der Waals surface area contributed by atoms with Crippen molar-refractivity contribution in [2.45, 2.75) is 45.3 Å². The summed E-state index contributed by atoms with van der Waals surface area (Å²) in [5, 5.41) is 2.87. The molecule has 0 bridgehead atoms. The molecular formula is C13H23NO4S. The number of carbonyl (C=O) groups excluding carboxylic acids is 2. The molecule has 1 heterocycles. The van der Waals surface area contributed by atoms with Gasteiger partial charge >= 0.3 is 12.1 Å². The van der Waals surface area contributed by atoms with Crippen LogP contribution in [0.25, 0.3) is 0 Å². The minimum atomic E-state index is -0.510. The second kappa shape index (κ2) is 7.03. The van der Waals surface area contributed by atoms with Gasteiger partial charge in [0.05, 0.1) is 13.5 Å². The van der Waals surface area contributed by atoms with Gasteiger partial charge in [0.15, 0.2) is 0 Å². The van der Waals surface area contributed by atoms with Gasteiger partial charge in [0.1, 0.15) is 5.60 Å². The van der Waals surface area contributed by atoms with E-state index in [1.807, 2.05) is 20.8 Å². The topological polar surface area (TPSA) is 64.6 Å². The zero-order valence-electron chi connectivity index (χ0n) is 12.0. The summed E-state index contributed by atoms with van der Waals surface area (Å²) in [6.07, 6.45) is 0.826. The number of amides is 1. The van der Waals surface area contributed by atoms with Gasteiger partial charge < -0.3 is 14.8 Å². The lowest BCUT2D eigenvalue weighted by Gasteiger charge is -2.32. The Kier molecular flexibility index (Phi) is 5.97. The third kappa shape index (κ3) is 6.18. The van der Waals surface area contributed by atoms with Gasteiger partial charge in [0.25, 0.3) is 0 Å². The van der Waals surface area contributed by atoms with Crippen LogP contribution in [0.4, 0.5) is 4.79 Å². The molecule has 5 nitrogen and oxygen atoms in total. The summed E-state index contributed by atoms with van der Waals surface area (Å²) < 4.78 is 9.94. The Morgan fingerprint density at radius 2 is 2.05 bits per heavy atom. The molecule has 1 fully saturated rings. The number of ether oxygens (including phenoxy) is 2. The van der Waals surface area contributed by atoms with E-state index >= 15 is 0 Å². The summed E-state index contributed by atoms with van der Waals surface area (Å²) in [7, 11) is 1.39. The SMILES string of the molecule is COC(=O)C[C@@H]1CCSC[C@H]1NC(=O)OC(C)(C)C. The van der Waals surface area contributed by atoms with Gasteiger partial charge in [0.2, 0.25) is 0 Å². The summed E-state index contributed by atoms with van der Waals surface area (Å²) in [4.78, 5) is 23.1. The standard InChI is InChI=1S/C13H23NO4S/c1-13(2,3)18-12(16)14-10-8-19-6-5-9(10)7-11(15)17-4/h9-10H,5-8H2,1-4H3,(H,14,16)/t9-,10+/m0/s1. The molecule has 1 rings (SSSR count). The Bertz CT molecular complexity index is 327. The molecule has 0 aromatic carbocycles. The average Bonchev–Trinajstić information content (AvgIpc) is 2.29. The first-order valence-electron chi connectivity index (χ1n) is 6.46. The van der Waals surface area contributed by atoms with Crippen LogP contribution in [0.15, 0.2) is 0 Å². The van der Waals surface area contributed by atoms with Crippen LogP contribution >= 0.6 is 11.8 Å². The molecule has 0 radical (unpaired) electrons. The fourth-order valence-corrected chi connectivity index (χ4v) is 3.19. The highest BCUT2D eigenvalue weighted by Crippen LogP contribution is 2.26. The number of hydrogen-bond donors (Lipinski definition) is 1. The number of esters is 1. The predicted octanol–water partition coefficient (Wildman–Crippen LogP) is 2.20. The molecule has 2 atom stereocenters. The average molecular weight is 289 g/mol. The van der Waals surface area contributed by atoms with Crippen molar-refractivity contribution >= 4 is 23.8 Å². The van der Waals surface area contributed by atoms with E-state index in [1.54, 1.807) is 11.8 Å². The molecule has 1 N–H and O–H groups in total. The molecule has 0 saturated carbocycles. The van der Waals surface area contributed by atoms with E-state index in [2.05, 4.69) is 5.32 Å². The molecule has 0 aliphatic carbocycles. The molecule has 110 valence electrons. The van der Waals surface area contributed by atoms with Crippen molar-refractivity contribution < 1.29 is 19.1 Å². The second-order valence-corrected chi connectivity index (χ2v) is 6.81. The van der Waals surface area contributed by atoms with E-state index in [1.165, 1.54) is 7.11 Å². The molecule has 19 heavy (non-hydrogen) atoms. The maximum Gasteiger partial charge on any atom is 0.407 e. The summed E-state index contributed by atoms with van der Waals surface area (Å²) in [6.45, 7) is 5.48. The van der Waals surface area contributed by atoms with Gasteiger partial charge in [-0.1, -0.05) is 0 Å². The highest BCUT2D eigenvalue weighted by Gasteiger charge is 2.30. The van der Waals surface area contributed by atoms with Crippen molar-refractivity contribution in [2.24, 2.45) is 5.92 Å². The fourth-order valence-electron chi connectivity index (χ4n) is 1.94. The van der Waals surface area contributed by atoms with E-state index in [4.69, 9.17) is 9.47 Å². The van der Waals surface area contributed by atoms with Crippen molar-refractivity contribution in [1.29, 1.82) is 0 Å². The lowest BCUT2D eigenvalue weighted by atomic mass is 9.94. The Morgan fingerprint density at radius 3 is 2.63 bits per heavy atom. The third-order valence-electron chi connectivity index (χ3n) is 2.86. The van der Waals surface area contributed by atoms with E-state index in [0.717, 1.165) is 17.9 Å². The van der Waals surface area contributed by atoms with Crippen molar-refractivity contribution in [3.63, 3.8) is 0 Å². The first-order chi connectivity index (χ1) is 8.81. The lowest BCUT2D eigenvalue weighted by Crippen LogP contribution is -2.46. The maximum absolute atomic E-state index is 11.8. The van der Waals surface area contributed by atoms with Crippen molar-refractivity contribution in [3.05, 3.63) is 0 Å². The first kappa shape index (κ1) is 16.1. The Balaban J connectivity index is 2.52. The monoisotopic (exact) mass is 289 g/mol. The van der Waals surface area contributed by atoms with Crippen LogP contribution in [0.2, 0.25) is 0 Å². The number of thioether (sulfide) groups is 1. The van der Waals surface area contributed by atoms with E-state index < -0.39 is 11.7 Å². The number of methoxy groups -OCH3 is 1. The predicted molar refractivity (Wildman–Crippen MR) is 75.2 cm³/mol. The zero-order chi connectivity index (χ0) is 14.5. The summed E-state index contributed by atoms with van der Waals surface area (Å²) in [5.74, 6) is 1.71. The van der Waals surface area contributed by atoms with Crippen molar-refractivity contribution in [1.82, 2.24) is 5.32 Å². The number of hydrogen-bond acceptors (Lipinski definition) is 5. The lowest BCUT2D eigenvalue weighted by molar-refractivity contribution is -0.142. The molecular weight excluding hydrogens is 266 g/mol. The van der Waals surface area contributed by atoms with Gasteiger partial charge in [-0.05, 0) is 38.9 Å². The van der Waals surface area contributed by atoms with Gasteiger partial charge in [0, 0.05) is 11.8 Å². The summed E-state index contributed by atoms with van der Waals surface area (Å²) >= 11 is 1.78. The summed E-state index contributed by atoms with van der Waals surface area (Å²) in [6, 6.07) is -0.0345. The molecule has 0 spiro atoms. The number of nitrogens with one attached hydrogen (secondary N) is 1. The van der Waals surface area contributed by atoms with Crippen LogP contribution in [0, 0.1) is 5.92 Å². The normalized spacial score (nSPS) is 23.6. The first-order valence-corrected chi connectivity index (χ1v) is 7.61. The number of carbonyl (C=O) groups is 2. The highest BCUT2D eigenvalue weighted by molar-refractivity contribution is 7.99. The molecule has 6 heteroatoms. The largest absolute Gasteiger partial charge is 0.469 e. The van der Waals surface area contributed by atoms with Crippen LogP contribution in [0.5, 0.6) is 0 Å². The Labute approximate surface area is 118 Å². The Hall–Kier alpha value is -0.910. The Morgan fingerprint density at radius 1 is 1.37 bits per heavy atom. The maximum atomic E-state index is 11.8. The van der Waals surface area contributed by atoms with Crippen LogP contribution in [0.3, 0.4) is 0 Å². The number of rotatable bonds is 3. The van der Waals surface area contributed by atoms with E-state index in [-0.39, 0.29) is 17.9 Å². The molecule has 1 amide bonds. The smallest absolute Gasteiger partial charge is 0.407 e. The van der Waals surface area contributed by atoms with Gasteiger partial charge in [-0.3, -0.25) is 4.79 Å². The van der Waals surface area contributed by atoms with Gasteiger partial charge in [-0.25, -0.2) is 4.79 Å². The fraction of sp³-hybridized carbons (Fsp3) is 0.846. The van der Waals surface area contributed by atoms with Gasteiger partial charge in [-0.15, -0.1) is 0 Å². The summed E-state index contributed by atoms with van der Waals surface area (Å²) in [5.41, 5.74) is -0.510. The molecule has 1 aliphatic rings. The van der Waals surface area contributed by atoms with Crippen LogP contribution in [0.1, 0.15) is 33.6 Å². The van der Waals surface area contributed by atoms with E-state index in [9.17, 15) is 9.59 Å². The minimum Gasteiger partial charge on any atom is -0.469 e. The van der Waals surface area contributed by atoms with Crippen molar-refractivity contribution in [2.75, 3.05) is 18.6 Å². The van der Waals surface area contributed by atoms with Crippen LogP contribution < -0.4 is 5.32 Å². The van der Waals surface area contributed by atoms with Gasteiger partial charge in [-0.2, -0.15) is 11.8 Å². The van der Waals surface area contributed by atoms with Crippen LogP contribution in [-0.2, 0) is 14.3 Å². The second-order valence-electron chi connectivity index (χ2n) is 5.66. The third-order valence-corrected chi connectivity index (χ3v) is 3.98. The molecule has 1 aliphatic heterocycles. The molecule has 0 aromatic rings. The molecule has 0 unspecified atom stereocenters. The zero-order valence-corrected chi connectivity index (χ0v) is 12.8. The number of alkyl carbamates (subject to hydrolysis) is 1. The molecule has 1 saturated heterocycles. The molecule has 0 aromatic heterocycles. The van der Waals surface area contributed by atoms with Crippen LogP contribution in [-0.4, -0.2) is 42.3 Å². The quantitative estimate of drug-likeness (QED) is 0.807.